The van der Waals surface area contributed by atoms with Crippen LogP contribution in [-0.2, 0) is 9.59 Å². The lowest BCUT2D eigenvalue weighted by atomic mass is 9.95. The molecule has 0 spiro atoms. The second-order valence-corrected chi connectivity index (χ2v) is 10.6. The Bertz CT molecular complexity index is 1800. The summed E-state index contributed by atoms with van der Waals surface area (Å²) in [6.07, 6.45) is -0.721. The maximum absolute atomic E-state index is 16.7. The van der Waals surface area contributed by atoms with E-state index in [2.05, 4.69) is 6.58 Å². The van der Waals surface area contributed by atoms with Crippen LogP contribution in [0.4, 0.5) is 24.5 Å². The normalized spacial score (nSPS) is 25.2. The molecule has 1 aliphatic carbocycles. The lowest BCUT2D eigenvalue weighted by molar-refractivity contribution is -0.130. The number of likely N-dealkylation sites (N-methyl/N-ethyl adjacent to an activating group) is 1. The highest BCUT2D eigenvalue weighted by Crippen LogP contribution is 2.49. The van der Waals surface area contributed by atoms with Crippen LogP contribution in [0.15, 0.2) is 41.7 Å². The van der Waals surface area contributed by atoms with Gasteiger partial charge < -0.3 is 19.8 Å². The summed E-state index contributed by atoms with van der Waals surface area (Å²) >= 11 is 6.53. The largest absolute Gasteiger partial charge is 0.507 e. The van der Waals surface area contributed by atoms with Crippen LogP contribution in [0.2, 0.25) is 5.02 Å². The number of rotatable bonds is 3. The predicted octanol–water partition coefficient (Wildman–Crippen LogP) is 4.16. The van der Waals surface area contributed by atoms with Crippen LogP contribution < -0.4 is 15.4 Å². The molecule has 40 heavy (non-hydrogen) atoms. The van der Waals surface area contributed by atoms with Crippen LogP contribution >= 0.6 is 11.6 Å². The highest BCUT2D eigenvalue weighted by atomic mass is 35.5. The molecule has 3 heterocycles. The summed E-state index contributed by atoms with van der Waals surface area (Å²) in [5.41, 5.74) is -3.56. The summed E-state index contributed by atoms with van der Waals surface area (Å²) in [6, 6.07) is 1.42. The number of nitrogens with zero attached hydrogens (tertiary/aromatic N) is 4. The Balaban J connectivity index is 1.74. The molecule has 2 fully saturated rings. The van der Waals surface area contributed by atoms with Crippen molar-refractivity contribution in [3.63, 3.8) is 0 Å². The Morgan fingerprint density at radius 1 is 1.23 bits per heavy atom. The molecule has 12 heteroatoms. The Kier molecular flexibility index (Phi) is 5.14. The summed E-state index contributed by atoms with van der Waals surface area (Å²) in [4.78, 5) is 43.7. The average Bonchev–Trinajstić information content (AvgIpc) is 3.65. The van der Waals surface area contributed by atoms with E-state index in [0.717, 1.165) is 22.8 Å². The smallest absolute Gasteiger partial charge is 0.277 e. The van der Waals surface area contributed by atoms with Crippen molar-refractivity contribution in [2.24, 2.45) is 0 Å². The number of carbonyl (C=O) groups is 2. The second kappa shape index (κ2) is 9.02. The van der Waals surface area contributed by atoms with Gasteiger partial charge in [0.05, 0.1) is 34.4 Å². The number of aromatic hydroxyl groups is 1. The topological polar surface area (TPSA) is 86.1 Å². The first kappa shape index (κ1) is 22.8. The fourth-order valence-electron chi connectivity index (χ4n) is 5.80. The lowest BCUT2D eigenvalue weighted by Crippen LogP contribution is -2.66. The summed E-state index contributed by atoms with van der Waals surface area (Å²) < 4.78 is 71.4. The minimum absolute atomic E-state index is 0.0688. The van der Waals surface area contributed by atoms with Crippen LogP contribution in [0.25, 0.3) is 22.0 Å². The third-order valence-corrected chi connectivity index (χ3v) is 8.10. The highest BCUT2D eigenvalue weighted by molar-refractivity contribution is 6.35. The maximum atomic E-state index is 16.7. The standard InChI is InChI=1S/C28H24ClF3N4O4/c1-4-20(38)34-11-18-27(39)33(3)26-25(35(18)10-12(34)2)13-8-14(29)21(22-15(30)6-5-7-19(22)37)23(32)24(13)36(28(26)40)17-9-16(17)31/h4-8,12,16-18,37H,1,9-11H2,2-3H3/t12-,16+,17-,18-/m1/s1/i3D3. The molecule has 8 nitrogen and oxygen atoms in total. The molecule has 1 saturated carbocycles. The Morgan fingerprint density at radius 2 is 1.95 bits per heavy atom. The first-order chi connectivity index (χ1) is 20.2. The molecule has 2 aromatic carbocycles. The molecule has 6 rings (SSSR count). The number of halogens is 4. The third kappa shape index (κ3) is 3.56. The van der Waals surface area contributed by atoms with Crippen molar-refractivity contribution in [1.82, 2.24) is 9.47 Å². The van der Waals surface area contributed by atoms with Gasteiger partial charge in [-0.2, -0.15) is 0 Å². The van der Waals surface area contributed by atoms with Gasteiger partial charge in [-0.05, 0) is 31.2 Å². The minimum Gasteiger partial charge on any atom is -0.507 e. The molecular weight excluding hydrogens is 549 g/mol. The van der Waals surface area contributed by atoms with E-state index in [1.807, 2.05) is 0 Å². The van der Waals surface area contributed by atoms with Gasteiger partial charge in [0.2, 0.25) is 5.91 Å². The quantitative estimate of drug-likeness (QED) is 0.474. The number of pyridine rings is 1. The van der Waals surface area contributed by atoms with Crippen molar-refractivity contribution in [2.75, 3.05) is 29.9 Å². The number of phenols is 1. The number of hydrogen-bond donors (Lipinski definition) is 1. The molecule has 2 amide bonds. The van der Waals surface area contributed by atoms with E-state index in [-0.39, 0.29) is 30.6 Å². The number of anilines is 2. The Labute approximate surface area is 235 Å². The minimum atomic E-state index is -3.20. The van der Waals surface area contributed by atoms with E-state index in [4.69, 9.17) is 15.7 Å². The van der Waals surface area contributed by atoms with Crippen LogP contribution in [-0.4, -0.2) is 64.7 Å². The molecule has 2 aliphatic heterocycles. The van der Waals surface area contributed by atoms with Crippen molar-refractivity contribution >= 4 is 45.7 Å². The highest BCUT2D eigenvalue weighted by Gasteiger charge is 2.48. The molecular formula is C28H24ClF3N4O4. The van der Waals surface area contributed by atoms with Gasteiger partial charge in [-0.3, -0.25) is 19.0 Å². The Hall–Kier alpha value is -3.99. The molecule has 0 unspecified atom stereocenters. The van der Waals surface area contributed by atoms with Gasteiger partial charge >= 0.3 is 0 Å². The summed E-state index contributed by atoms with van der Waals surface area (Å²) in [6.45, 7) is 1.61. The first-order valence-corrected chi connectivity index (χ1v) is 12.8. The van der Waals surface area contributed by atoms with Crippen LogP contribution in [0, 0.1) is 11.6 Å². The number of benzene rings is 2. The van der Waals surface area contributed by atoms with E-state index < -0.39 is 93.4 Å². The number of carbonyl (C=O) groups excluding carboxylic acids is 2. The van der Waals surface area contributed by atoms with E-state index in [1.165, 1.54) is 21.9 Å². The monoisotopic (exact) mass is 575 g/mol. The third-order valence-electron chi connectivity index (χ3n) is 7.80. The van der Waals surface area contributed by atoms with Crippen molar-refractivity contribution in [1.29, 1.82) is 0 Å². The van der Waals surface area contributed by atoms with Crippen LogP contribution in [0.5, 0.6) is 5.75 Å². The molecule has 1 aromatic heterocycles. The molecule has 1 saturated heterocycles. The SMILES string of the molecule is [2H]C([2H])([2H])N1C(=O)[C@H]2CN(C(=O)C=C)[C@H](C)CN2c2c1c(=O)n([C@@H]1C[C@@H]1F)c1c(F)c(-c3c(O)cccc3F)c(Cl)cc21. The molecule has 0 bridgehead atoms. The number of fused-ring (bicyclic) bond motifs is 5. The van der Waals surface area contributed by atoms with E-state index in [1.54, 1.807) is 6.92 Å². The second-order valence-electron chi connectivity index (χ2n) is 10.2. The lowest BCUT2D eigenvalue weighted by Gasteiger charge is -2.50. The number of amides is 2. The van der Waals surface area contributed by atoms with Crippen molar-refractivity contribution in [3.8, 4) is 16.9 Å². The van der Waals surface area contributed by atoms with Crippen molar-refractivity contribution in [2.45, 2.75) is 37.6 Å². The van der Waals surface area contributed by atoms with Gasteiger partial charge in [0.25, 0.3) is 11.5 Å². The van der Waals surface area contributed by atoms with Crippen LogP contribution in [0.3, 0.4) is 0 Å². The molecule has 0 radical (unpaired) electrons. The van der Waals surface area contributed by atoms with Gasteiger partial charge in [-0.25, -0.2) is 13.2 Å². The summed E-state index contributed by atoms with van der Waals surface area (Å²) in [5, 5.41) is 9.90. The number of piperazine rings is 1. The van der Waals surface area contributed by atoms with Crippen molar-refractivity contribution < 1.29 is 32.0 Å². The van der Waals surface area contributed by atoms with Crippen molar-refractivity contribution in [3.05, 3.63) is 63.9 Å². The molecule has 3 aliphatic rings. The van der Waals surface area contributed by atoms with Crippen LogP contribution in [0.1, 0.15) is 23.5 Å². The number of alkyl halides is 1. The first-order valence-electron chi connectivity index (χ1n) is 13.9. The molecule has 1 N–H and O–H groups in total. The fraction of sp³-hybridized carbons (Fsp3) is 0.321. The zero-order chi connectivity index (χ0) is 31.3. The maximum Gasteiger partial charge on any atom is 0.277 e. The predicted molar refractivity (Wildman–Crippen MR) is 145 cm³/mol. The van der Waals surface area contributed by atoms with E-state index in [0.29, 0.717) is 4.90 Å². The van der Waals surface area contributed by atoms with Gasteiger partial charge in [0.1, 0.15) is 29.5 Å². The van der Waals surface area contributed by atoms with Gasteiger partial charge in [-0.15, -0.1) is 0 Å². The number of phenolic OH excluding ortho intramolecular Hbond substituents is 1. The molecule has 208 valence electrons. The molecule has 4 atom stereocenters. The zero-order valence-corrected chi connectivity index (χ0v) is 21.8. The summed E-state index contributed by atoms with van der Waals surface area (Å²) in [7, 11) is 0. The van der Waals surface area contributed by atoms with Gasteiger partial charge in [-0.1, -0.05) is 24.2 Å². The summed E-state index contributed by atoms with van der Waals surface area (Å²) in [5.74, 6) is -4.41. The fourth-order valence-corrected chi connectivity index (χ4v) is 6.09. The van der Waals surface area contributed by atoms with Gasteiger partial charge in [0, 0.05) is 41.0 Å². The number of hydrogen-bond acceptors (Lipinski definition) is 5. The number of aromatic nitrogens is 1. The van der Waals surface area contributed by atoms with E-state index in [9.17, 15) is 28.3 Å². The van der Waals surface area contributed by atoms with Gasteiger partial charge in [0.15, 0.2) is 5.82 Å². The molecule has 3 aromatic rings. The average molecular weight is 576 g/mol. The van der Waals surface area contributed by atoms with E-state index >= 15 is 4.39 Å². The Morgan fingerprint density at radius 3 is 2.58 bits per heavy atom. The zero-order valence-electron chi connectivity index (χ0n) is 24.0.